The summed E-state index contributed by atoms with van der Waals surface area (Å²) < 4.78 is 33.3. The summed E-state index contributed by atoms with van der Waals surface area (Å²) in [5.41, 5.74) is 0. The van der Waals surface area contributed by atoms with Gasteiger partial charge in [-0.1, -0.05) is 0 Å². The maximum Gasteiger partial charge on any atom is 0.307 e. The molecule has 1 fully saturated rings. The van der Waals surface area contributed by atoms with Crippen LogP contribution in [0.3, 0.4) is 0 Å². The zero-order valence-electron chi connectivity index (χ0n) is 6.74. The Kier molecular flexibility index (Phi) is 3.13. The van der Waals surface area contributed by atoms with Gasteiger partial charge in [-0.3, -0.25) is 4.79 Å². The smallest absolute Gasteiger partial charge is 0.307 e. The zero-order chi connectivity index (χ0) is 10.1. The first kappa shape index (κ1) is 10.7. The largest absolute Gasteiger partial charge is 0.340 e. The topological polar surface area (TPSA) is 54.5 Å². The van der Waals surface area contributed by atoms with E-state index in [-0.39, 0.29) is 31.3 Å². The fourth-order valence-corrected chi connectivity index (χ4v) is 2.18. The van der Waals surface area contributed by atoms with Crippen molar-refractivity contribution in [3.8, 4) is 0 Å². The summed E-state index contributed by atoms with van der Waals surface area (Å²) in [5, 5.41) is -1.07. The van der Waals surface area contributed by atoms with Crippen molar-refractivity contribution in [3.63, 3.8) is 0 Å². The molecule has 1 heterocycles. The Morgan fingerprint density at radius 3 is 2.62 bits per heavy atom. The summed E-state index contributed by atoms with van der Waals surface area (Å²) in [6, 6.07) is 0. The van der Waals surface area contributed by atoms with E-state index in [9.17, 15) is 17.1 Å². The molecular weight excluding hydrogens is 221 g/mol. The molecule has 0 N–H and O–H groups in total. The minimum Gasteiger partial charge on any atom is -0.340 e. The van der Waals surface area contributed by atoms with Crippen molar-refractivity contribution >= 4 is 27.7 Å². The summed E-state index contributed by atoms with van der Waals surface area (Å²) >= 11 is 5.26. The monoisotopic (exact) mass is 229 g/mol. The van der Waals surface area contributed by atoms with Crippen LogP contribution in [0.4, 0.5) is 3.89 Å². The van der Waals surface area contributed by atoms with Crippen LogP contribution < -0.4 is 0 Å². The van der Waals surface area contributed by atoms with Gasteiger partial charge in [0.05, 0.1) is 0 Å². The molecule has 1 rings (SSSR count). The van der Waals surface area contributed by atoms with E-state index in [2.05, 4.69) is 0 Å². The molecule has 0 radical (unpaired) electrons. The van der Waals surface area contributed by atoms with Gasteiger partial charge >= 0.3 is 10.2 Å². The van der Waals surface area contributed by atoms with E-state index in [0.717, 1.165) is 0 Å². The van der Waals surface area contributed by atoms with Crippen LogP contribution in [0.5, 0.6) is 0 Å². The maximum absolute atomic E-state index is 12.4. The first-order valence-electron chi connectivity index (χ1n) is 3.72. The maximum atomic E-state index is 12.4. The second kappa shape index (κ2) is 3.79. The Hall–Kier alpha value is -0.360. The Bertz CT molecular complexity index is 305. The van der Waals surface area contributed by atoms with E-state index in [1.807, 2.05) is 0 Å². The predicted molar refractivity (Wildman–Crippen MR) is 45.7 cm³/mol. The number of amides is 1. The second-order valence-corrected chi connectivity index (χ2v) is 4.74. The van der Waals surface area contributed by atoms with E-state index in [4.69, 9.17) is 11.6 Å². The molecule has 1 atom stereocenters. The molecule has 13 heavy (non-hydrogen) atoms. The van der Waals surface area contributed by atoms with Crippen molar-refractivity contribution in [2.24, 2.45) is 0 Å². The van der Waals surface area contributed by atoms with Gasteiger partial charge in [0.25, 0.3) is 0 Å². The van der Waals surface area contributed by atoms with Gasteiger partial charge in [0.15, 0.2) is 0 Å². The van der Waals surface area contributed by atoms with Crippen LogP contribution in [0.1, 0.15) is 6.42 Å². The van der Waals surface area contributed by atoms with Gasteiger partial charge in [0.2, 0.25) is 5.91 Å². The predicted octanol–water partition coefficient (Wildman–Crippen LogP) is 0.125. The average molecular weight is 230 g/mol. The van der Waals surface area contributed by atoms with Crippen molar-refractivity contribution in [1.82, 2.24) is 4.90 Å². The highest BCUT2D eigenvalue weighted by Crippen LogP contribution is 2.18. The molecule has 7 heteroatoms. The van der Waals surface area contributed by atoms with Crippen LogP contribution in [0.25, 0.3) is 0 Å². The first-order chi connectivity index (χ1) is 5.95. The van der Waals surface area contributed by atoms with Crippen molar-refractivity contribution < 1.29 is 17.1 Å². The Morgan fingerprint density at radius 1 is 1.62 bits per heavy atom. The fraction of sp³-hybridized carbons (Fsp3) is 0.833. The highest BCUT2D eigenvalue weighted by atomic mass is 35.5. The van der Waals surface area contributed by atoms with Crippen molar-refractivity contribution in [2.45, 2.75) is 11.7 Å². The van der Waals surface area contributed by atoms with E-state index >= 15 is 0 Å². The highest BCUT2D eigenvalue weighted by Gasteiger charge is 2.34. The van der Waals surface area contributed by atoms with Gasteiger partial charge in [-0.25, -0.2) is 0 Å². The molecule has 1 aliphatic heterocycles. The number of alkyl halides is 1. The summed E-state index contributed by atoms with van der Waals surface area (Å²) in [5.74, 6) is -0.549. The number of carbonyl (C=O) groups excluding carboxylic acids is 1. The Morgan fingerprint density at radius 2 is 2.23 bits per heavy atom. The number of likely N-dealkylation sites (tertiary alicyclic amines) is 1. The number of carbonyl (C=O) groups is 1. The van der Waals surface area contributed by atoms with Crippen LogP contribution in [0.15, 0.2) is 0 Å². The second-order valence-electron chi connectivity index (χ2n) is 2.86. The lowest BCUT2D eigenvalue weighted by molar-refractivity contribution is -0.127. The SMILES string of the molecule is O=C(CCl)N1CCC(S(=O)(=O)F)C1. The van der Waals surface area contributed by atoms with Gasteiger partial charge in [-0.05, 0) is 6.42 Å². The zero-order valence-corrected chi connectivity index (χ0v) is 8.31. The van der Waals surface area contributed by atoms with Gasteiger partial charge in [-0.2, -0.15) is 8.42 Å². The molecular formula is C6H9ClFNO3S. The average Bonchev–Trinajstić information content (AvgIpc) is 2.50. The molecule has 0 spiro atoms. The highest BCUT2D eigenvalue weighted by molar-refractivity contribution is 7.87. The number of rotatable bonds is 2. The molecule has 0 aliphatic carbocycles. The Balaban J connectivity index is 2.60. The minimum atomic E-state index is -4.51. The van der Waals surface area contributed by atoms with Crippen LogP contribution in [-0.2, 0) is 15.0 Å². The quantitative estimate of drug-likeness (QED) is 0.500. The van der Waals surface area contributed by atoms with Crippen LogP contribution in [0, 0.1) is 0 Å². The van der Waals surface area contributed by atoms with Gasteiger partial charge in [-0.15, -0.1) is 15.5 Å². The molecule has 0 bridgehead atoms. The summed E-state index contributed by atoms with van der Waals surface area (Å²) in [6.45, 7) is 0.184. The van der Waals surface area contributed by atoms with Gasteiger partial charge in [0, 0.05) is 13.1 Å². The van der Waals surface area contributed by atoms with E-state index < -0.39 is 15.5 Å². The van der Waals surface area contributed by atoms with Crippen molar-refractivity contribution in [3.05, 3.63) is 0 Å². The fourth-order valence-electron chi connectivity index (χ4n) is 1.27. The number of halogens is 2. The summed E-state index contributed by atoms with van der Waals surface area (Å²) in [6.07, 6.45) is 0.154. The van der Waals surface area contributed by atoms with E-state index in [1.54, 1.807) is 0 Å². The lowest BCUT2D eigenvalue weighted by Crippen LogP contribution is -2.31. The number of hydrogen-bond donors (Lipinski definition) is 0. The molecule has 1 saturated heterocycles. The molecule has 0 saturated carbocycles. The van der Waals surface area contributed by atoms with Crippen molar-refractivity contribution in [2.75, 3.05) is 19.0 Å². The molecule has 1 unspecified atom stereocenters. The molecule has 0 aromatic carbocycles. The third-order valence-corrected chi connectivity index (χ3v) is 3.42. The lowest BCUT2D eigenvalue weighted by Gasteiger charge is -2.13. The van der Waals surface area contributed by atoms with Crippen molar-refractivity contribution in [1.29, 1.82) is 0 Å². The molecule has 0 aromatic heterocycles. The number of nitrogens with zero attached hydrogens (tertiary/aromatic N) is 1. The molecule has 76 valence electrons. The minimum absolute atomic E-state index is 0.0790. The molecule has 4 nitrogen and oxygen atoms in total. The van der Waals surface area contributed by atoms with Gasteiger partial charge in [0.1, 0.15) is 11.1 Å². The normalized spacial score (nSPS) is 23.5. The van der Waals surface area contributed by atoms with Crippen LogP contribution in [0.2, 0.25) is 0 Å². The summed E-state index contributed by atoms with van der Waals surface area (Å²) in [7, 11) is -4.51. The molecule has 1 amide bonds. The summed E-state index contributed by atoms with van der Waals surface area (Å²) in [4.78, 5) is 12.2. The van der Waals surface area contributed by atoms with Crippen LogP contribution in [-0.4, -0.2) is 43.4 Å². The Labute approximate surface area is 80.9 Å². The number of hydrogen-bond acceptors (Lipinski definition) is 3. The van der Waals surface area contributed by atoms with Crippen LogP contribution >= 0.6 is 11.6 Å². The molecule has 0 aromatic rings. The van der Waals surface area contributed by atoms with E-state index in [0.29, 0.717) is 0 Å². The first-order valence-corrected chi connectivity index (χ1v) is 5.70. The van der Waals surface area contributed by atoms with Gasteiger partial charge < -0.3 is 4.90 Å². The lowest BCUT2D eigenvalue weighted by atomic mass is 10.4. The third kappa shape index (κ3) is 2.54. The molecule has 1 aliphatic rings. The van der Waals surface area contributed by atoms with E-state index in [1.165, 1.54) is 4.90 Å². The third-order valence-electron chi connectivity index (χ3n) is 2.01. The standard InChI is InChI=1S/C6H9ClFNO3S/c7-3-6(10)9-2-1-5(4-9)13(8,11)12/h5H,1-4H2.